The van der Waals surface area contributed by atoms with E-state index in [0.717, 1.165) is 11.1 Å². The maximum atomic E-state index is 13.3. The Morgan fingerprint density at radius 1 is 0.852 bits per heavy atom. The van der Waals surface area contributed by atoms with Gasteiger partial charge in [0.25, 0.3) is 5.56 Å². The molecule has 0 saturated heterocycles. The smallest absolute Gasteiger partial charge is 0.288 e. The van der Waals surface area contributed by atoms with Crippen molar-refractivity contribution < 1.29 is 0 Å². The van der Waals surface area contributed by atoms with E-state index in [1.165, 1.54) is 4.57 Å². The number of nitrogens with zero attached hydrogens (tertiary/aromatic N) is 2. The van der Waals surface area contributed by atoms with Crippen molar-refractivity contribution in [3.05, 3.63) is 110 Å². The lowest BCUT2D eigenvalue weighted by molar-refractivity contribution is 0.713. The first-order valence-corrected chi connectivity index (χ1v) is 8.99. The van der Waals surface area contributed by atoms with Gasteiger partial charge < -0.3 is 0 Å². The Morgan fingerprint density at radius 3 is 2.26 bits per heavy atom. The average Bonchev–Trinajstić information content (AvgIpc) is 2.68. The Morgan fingerprint density at radius 2 is 1.52 bits per heavy atom. The lowest BCUT2D eigenvalue weighted by Gasteiger charge is -2.15. The van der Waals surface area contributed by atoms with Crippen molar-refractivity contribution in [2.24, 2.45) is 0 Å². The molecule has 0 unspecified atom stereocenters. The van der Waals surface area contributed by atoms with Gasteiger partial charge in [0.1, 0.15) is 0 Å². The molecule has 27 heavy (non-hydrogen) atoms. The molecule has 0 saturated carbocycles. The summed E-state index contributed by atoms with van der Waals surface area (Å²) in [6, 6.07) is 21.9. The topological polar surface area (TPSA) is 44.0 Å². The summed E-state index contributed by atoms with van der Waals surface area (Å²) >= 11 is 5.97. The van der Waals surface area contributed by atoms with Gasteiger partial charge in [-0.15, -0.1) is 0 Å². The summed E-state index contributed by atoms with van der Waals surface area (Å²) in [5.41, 5.74) is 2.35. The maximum Gasteiger partial charge on any atom is 0.336 e. The second-order valence-electron chi connectivity index (χ2n) is 6.44. The summed E-state index contributed by atoms with van der Waals surface area (Å²) in [6.45, 7) is 2.24. The molecule has 0 aliphatic rings. The minimum Gasteiger partial charge on any atom is -0.288 e. The van der Waals surface area contributed by atoms with Crippen molar-refractivity contribution in [2.45, 2.75) is 13.5 Å². The predicted molar refractivity (Wildman–Crippen MR) is 109 cm³/mol. The van der Waals surface area contributed by atoms with Gasteiger partial charge in [-0.1, -0.05) is 54.1 Å². The molecule has 4 nitrogen and oxygen atoms in total. The molecule has 5 heteroatoms. The zero-order valence-electron chi connectivity index (χ0n) is 14.7. The lowest BCUT2D eigenvalue weighted by atomic mass is 10.1. The molecule has 0 fully saturated rings. The van der Waals surface area contributed by atoms with Crippen LogP contribution in [0.1, 0.15) is 11.1 Å². The number of aryl methyl sites for hydroxylation is 1. The van der Waals surface area contributed by atoms with Gasteiger partial charge in [0.2, 0.25) is 0 Å². The molecule has 1 heterocycles. The Bertz CT molecular complexity index is 1250. The van der Waals surface area contributed by atoms with E-state index in [1.807, 2.05) is 49.4 Å². The Kier molecular flexibility index (Phi) is 4.42. The van der Waals surface area contributed by atoms with E-state index < -0.39 is 0 Å². The third kappa shape index (κ3) is 3.09. The number of halogens is 1. The van der Waals surface area contributed by atoms with E-state index in [0.29, 0.717) is 28.2 Å². The van der Waals surface area contributed by atoms with Crippen LogP contribution >= 0.6 is 11.6 Å². The van der Waals surface area contributed by atoms with Crippen LogP contribution in [0.4, 0.5) is 0 Å². The molecule has 4 rings (SSSR count). The van der Waals surface area contributed by atoms with E-state index in [2.05, 4.69) is 0 Å². The molecule has 0 amide bonds. The molecule has 0 atom stereocenters. The third-order valence-electron chi connectivity index (χ3n) is 4.66. The fraction of sp³-hybridized carbons (Fsp3) is 0.0909. The summed E-state index contributed by atoms with van der Waals surface area (Å²) in [5.74, 6) is 0. The second-order valence-corrected chi connectivity index (χ2v) is 6.88. The highest BCUT2D eigenvalue weighted by Crippen LogP contribution is 2.15. The Hall–Kier alpha value is -3.11. The van der Waals surface area contributed by atoms with Crippen LogP contribution in [0, 0.1) is 6.92 Å². The number of benzene rings is 3. The van der Waals surface area contributed by atoms with Gasteiger partial charge >= 0.3 is 5.69 Å². The van der Waals surface area contributed by atoms with Crippen molar-refractivity contribution in [2.75, 3.05) is 0 Å². The van der Waals surface area contributed by atoms with Crippen molar-refractivity contribution >= 4 is 22.5 Å². The van der Waals surface area contributed by atoms with Crippen LogP contribution in [0.5, 0.6) is 0 Å². The minimum atomic E-state index is -0.358. The molecule has 0 bridgehead atoms. The van der Waals surface area contributed by atoms with Crippen LogP contribution < -0.4 is 11.2 Å². The van der Waals surface area contributed by atoms with Crippen molar-refractivity contribution in [3.8, 4) is 5.69 Å². The first-order chi connectivity index (χ1) is 13.1. The van der Waals surface area contributed by atoms with E-state index in [1.54, 1.807) is 34.9 Å². The van der Waals surface area contributed by atoms with Gasteiger partial charge in [-0.3, -0.25) is 9.36 Å². The second kappa shape index (κ2) is 6.89. The fourth-order valence-corrected chi connectivity index (χ4v) is 3.40. The summed E-state index contributed by atoms with van der Waals surface area (Å²) in [6.07, 6.45) is 0. The van der Waals surface area contributed by atoms with Gasteiger partial charge in [0.05, 0.1) is 23.1 Å². The third-order valence-corrected chi connectivity index (χ3v) is 4.91. The van der Waals surface area contributed by atoms with Crippen LogP contribution in [0.15, 0.2) is 82.4 Å². The summed E-state index contributed by atoms with van der Waals surface area (Å²) in [4.78, 5) is 26.4. The number of hydrogen-bond donors (Lipinski definition) is 0. The quantitative estimate of drug-likeness (QED) is 0.539. The van der Waals surface area contributed by atoms with Crippen LogP contribution in [0.3, 0.4) is 0 Å². The molecule has 3 aromatic carbocycles. The Labute approximate surface area is 160 Å². The fourth-order valence-electron chi connectivity index (χ4n) is 3.27. The van der Waals surface area contributed by atoms with Crippen LogP contribution in [0.25, 0.3) is 16.6 Å². The summed E-state index contributed by atoms with van der Waals surface area (Å²) in [5, 5.41) is 1.15. The normalized spacial score (nSPS) is 11.0. The standard InChI is InChI=1S/C22H17ClN2O2/c1-15-6-2-4-8-19(15)25-21(26)18-7-3-5-9-20(18)24(22(25)27)14-16-10-12-17(23)13-11-16/h2-13H,14H2,1H3. The van der Waals surface area contributed by atoms with Gasteiger partial charge in [-0.25, -0.2) is 9.36 Å². The molecule has 4 aromatic rings. The van der Waals surface area contributed by atoms with Crippen molar-refractivity contribution in [1.29, 1.82) is 0 Å². The van der Waals surface area contributed by atoms with Crippen LogP contribution in [-0.2, 0) is 6.54 Å². The maximum absolute atomic E-state index is 13.3. The number of aromatic nitrogens is 2. The van der Waals surface area contributed by atoms with Crippen molar-refractivity contribution in [1.82, 2.24) is 9.13 Å². The predicted octanol–water partition coefficient (Wildman–Crippen LogP) is 4.16. The number of rotatable bonds is 3. The number of fused-ring (bicyclic) bond motifs is 1. The monoisotopic (exact) mass is 376 g/mol. The highest BCUT2D eigenvalue weighted by molar-refractivity contribution is 6.30. The largest absolute Gasteiger partial charge is 0.336 e. The number of hydrogen-bond acceptors (Lipinski definition) is 2. The minimum absolute atomic E-state index is 0.308. The highest BCUT2D eigenvalue weighted by Gasteiger charge is 2.15. The van der Waals surface area contributed by atoms with Crippen LogP contribution in [0.2, 0.25) is 5.02 Å². The van der Waals surface area contributed by atoms with Crippen molar-refractivity contribution in [3.63, 3.8) is 0 Å². The zero-order chi connectivity index (χ0) is 19.0. The van der Waals surface area contributed by atoms with Gasteiger partial charge in [-0.05, 0) is 48.4 Å². The van der Waals surface area contributed by atoms with E-state index in [9.17, 15) is 9.59 Å². The van der Waals surface area contributed by atoms with Gasteiger partial charge in [0.15, 0.2) is 0 Å². The number of para-hydroxylation sites is 2. The van der Waals surface area contributed by atoms with Gasteiger partial charge in [-0.2, -0.15) is 0 Å². The first kappa shape index (κ1) is 17.3. The molecule has 0 aliphatic heterocycles. The molecule has 1 aromatic heterocycles. The first-order valence-electron chi connectivity index (χ1n) is 8.61. The average molecular weight is 377 g/mol. The molecule has 0 spiro atoms. The zero-order valence-corrected chi connectivity index (χ0v) is 15.5. The summed E-state index contributed by atoms with van der Waals surface area (Å²) in [7, 11) is 0. The van der Waals surface area contributed by atoms with E-state index >= 15 is 0 Å². The van der Waals surface area contributed by atoms with Crippen LogP contribution in [-0.4, -0.2) is 9.13 Å². The molecule has 134 valence electrons. The molecule has 0 aliphatic carbocycles. The Balaban J connectivity index is 2.03. The molecular weight excluding hydrogens is 360 g/mol. The molecular formula is C22H17ClN2O2. The molecule has 0 N–H and O–H groups in total. The SMILES string of the molecule is Cc1ccccc1-n1c(=O)c2ccccc2n(Cc2ccc(Cl)cc2)c1=O. The summed E-state index contributed by atoms with van der Waals surface area (Å²) < 4.78 is 2.89. The lowest BCUT2D eigenvalue weighted by Crippen LogP contribution is -2.39. The highest BCUT2D eigenvalue weighted by atomic mass is 35.5. The molecule has 0 radical (unpaired) electrons. The van der Waals surface area contributed by atoms with E-state index in [4.69, 9.17) is 11.6 Å². The van der Waals surface area contributed by atoms with E-state index in [-0.39, 0.29) is 11.2 Å². The van der Waals surface area contributed by atoms with Gasteiger partial charge in [0, 0.05) is 5.02 Å².